The molecule has 1 aromatic carbocycles. The Balaban J connectivity index is 1.87. The highest BCUT2D eigenvalue weighted by atomic mass is 16.5. The fourth-order valence-corrected chi connectivity index (χ4v) is 2.50. The van der Waals surface area contributed by atoms with Gasteiger partial charge in [-0.1, -0.05) is 13.8 Å². The van der Waals surface area contributed by atoms with Crippen LogP contribution in [0.2, 0.25) is 0 Å². The highest BCUT2D eigenvalue weighted by Crippen LogP contribution is 2.23. The molecule has 0 saturated carbocycles. The van der Waals surface area contributed by atoms with Crippen molar-refractivity contribution >= 4 is 22.6 Å². The van der Waals surface area contributed by atoms with Gasteiger partial charge in [0, 0.05) is 43.4 Å². The SMILES string of the molecule is CC(=O)NCCN(C)CCOc1ccc2[nH]c(C(=O)C(C)C)cc2c1. The highest BCUT2D eigenvalue weighted by molar-refractivity contribution is 6.00. The summed E-state index contributed by atoms with van der Waals surface area (Å²) in [6, 6.07) is 7.66. The van der Waals surface area contributed by atoms with Gasteiger partial charge in [0.25, 0.3) is 0 Å². The van der Waals surface area contributed by atoms with Gasteiger partial charge in [0.15, 0.2) is 5.78 Å². The average Bonchev–Trinajstić information content (AvgIpc) is 2.96. The van der Waals surface area contributed by atoms with Gasteiger partial charge < -0.3 is 19.9 Å². The van der Waals surface area contributed by atoms with Crippen LogP contribution in [0.15, 0.2) is 24.3 Å². The van der Waals surface area contributed by atoms with Crippen LogP contribution in [-0.4, -0.2) is 54.9 Å². The van der Waals surface area contributed by atoms with Crippen molar-refractivity contribution in [3.8, 4) is 5.75 Å². The van der Waals surface area contributed by atoms with E-state index in [2.05, 4.69) is 15.2 Å². The van der Waals surface area contributed by atoms with Crippen molar-refractivity contribution in [1.82, 2.24) is 15.2 Å². The third kappa shape index (κ3) is 5.60. The van der Waals surface area contributed by atoms with E-state index in [1.165, 1.54) is 6.92 Å². The third-order valence-corrected chi connectivity index (χ3v) is 3.99. The number of ketones is 1. The molecule has 0 atom stereocenters. The number of Topliss-reactive ketones (excluding diaryl/α,β-unsaturated/α-hetero) is 1. The molecule has 0 unspecified atom stereocenters. The number of likely N-dealkylation sites (N-methyl/N-ethyl adjacent to an activating group) is 1. The lowest BCUT2D eigenvalue weighted by Crippen LogP contribution is -2.33. The van der Waals surface area contributed by atoms with Crippen LogP contribution in [0, 0.1) is 5.92 Å². The zero-order valence-electron chi connectivity index (χ0n) is 15.4. The fourth-order valence-electron chi connectivity index (χ4n) is 2.50. The van der Waals surface area contributed by atoms with E-state index < -0.39 is 0 Å². The molecule has 136 valence electrons. The quantitative estimate of drug-likeness (QED) is 0.685. The number of benzene rings is 1. The first kappa shape index (κ1) is 19.0. The second kappa shape index (κ2) is 8.67. The van der Waals surface area contributed by atoms with Gasteiger partial charge in [0.2, 0.25) is 5.91 Å². The standard InChI is InChI=1S/C19H27N3O3/c1-13(2)19(24)18-12-15-11-16(5-6-17(15)21-18)25-10-9-22(4)8-7-20-14(3)23/h5-6,11-13,21H,7-10H2,1-4H3,(H,20,23). The van der Waals surface area contributed by atoms with Crippen molar-refractivity contribution in [3.63, 3.8) is 0 Å². The number of carbonyl (C=O) groups is 2. The van der Waals surface area contributed by atoms with Crippen LogP contribution < -0.4 is 10.1 Å². The van der Waals surface area contributed by atoms with Gasteiger partial charge in [-0.2, -0.15) is 0 Å². The van der Waals surface area contributed by atoms with Gasteiger partial charge >= 0.3 is 0 Å². The fraction of sp³-hybridized carbons (Fsp3) is 0.474. The molecule has 2 N–H and O–H groups in total. The lowest BCUT2D eigenvalue weighted by Gasteiger charge is -2.17. The van der Waals surface area contributed by atoms with E-state index >= 15 is 0 Å². The van der Waals surface area contributed by atoms with E-state index in [1.54, 1.807) is 0 Å². The first-order valence-electron chi connectivity index (χ1n) is 8.59. The summed E-state index contributed by atoms with van der Waals surface area (Å²) in [5.41, 5.74) is 1.57. The summed E-state index contributed by atoms with van der Waals surface area (Å²) in [7, 11) is 1.99. The minimum atomic E-state index is -0.0307. The van der Waals surface area contributed by atoms with Crippen molar-refractivity contribution in [2.45, 2.75) is 20.8 Å². The average molecular weight is 345 g/mol. The number of hydrogen-bond acceptors (Lipinski definition) is 4. The van der Waals surface area contributed by atoms with Gasteiger partial charge in [-0.3, -0.25) is 9.59 Å². The molecule has 6 nitrogen and oxygen atoms in total. The van der Waals surface area contributed by atoms with E-state index in [4.69, 9.17) is 4.74 Å². The second-order valence-electron chi connectivity index (χ2n) is 6.59. The molecule has 2 rings (SSSR count). The molecule has 2 aromatic rings. The Kier molecular flexibility index (Phi) is 6.58. The Bertz CT molecular complexity index is 737. The zero-order chi connectivity index (χ0) is 18.4. The highest BCUT2D eigenvalue weighted by Gasteiger charge is 2.13. The van der Waals surface area contributed by atoms with E-state index in [-0.39, 0.29) is 17.6 Å². The maximum Gasteiger partial charge on any atom is 0.216 e. The summed E-state index contributed by atoms with van der Waals surface area (Å²) in [6.45, 7) is 8.04. The smallest absolute Gasteiger partial charge is 0.216 e. The first-order valence-corrected chi connectivity index (χ1v) is 8.59. The molecular formula is C19H27N3O3. The summed E-state index contributed by atoms with van der Waals surface area (Å²) in [5.74, 6) is 0.848. The van der Waals surface area contributed by atoms with Gasteiger partial charge in [-0.25, -0.2) is 0 Å². The lowest BCUT2D eigenvalue weighted by atomic mass is 10.1. The Hall–Kier alpha value is -2.34. The summed E-state index contributed by atoms with van der Waals surface area (Å²) >= 11 is 0. The molecule has 0 radical (unpaired) electrons. The predicted octanol–water partition coefficient (Wildman–Crippen LogP) is 2.45. The lowest BCUT2D eigenvalue weighted by molar-refractivity contribution is -0.119. The molecule has 0 bridgehead atoms. The molecule has 0 aliphatic rings. The second-order valence-corrected chi connectivity index (χ2v) is 6.59. The number of amides is 1. The molecule has 1 amide bonds. The number of aromatic amines is 1. The van der Waals surface area contributed by atoms with Crippen LogP contribution in [0.3, 0.4) is 0 Å². The van der Waals surface area contributed by atoms with Crippen LogP contribution in [-0.2, 0) is 4.79 Å². The van der Waals surface area contributed by atoms with E-state index in [1.807, 2.05) is 45.2 Å². The molecule has 25 heavy (non-hydrogen) atoms. The number of carbonyl (C=O) groups excluding carboxylic acids is 2. The van der Waals surface area contributed by atoms with Crippen molar-refractivity contribution in [1.29, 1.82) is 0 Å². The Morgan fingerprint density at radius 2 is 2.00 bits per heavy atom. The van der Waals surface area contributed by atoms with E-state index in [9.17, 15) is 9.59 Å². The number of nitrogens with zero attached hydrogens (tertiary/aromatic N) is 1. The molecule has 0 aliphatic carbocycles. The Labute approximate surface area is 148 Å². The minimum Gasteiger partial charge on any atom is -0.492 e. The maximum atomic E-state index is 12.1. The minimum absolute atomic E-state index is 0.0141. The van der Waals surface area contributed by atoms with Crippen LogP contribution in [0.5, 0.6) is 5.75 Å². The Morgan fingerprint density at radius 1 is 1.24 bits per heavy atom. The molecule has 0 fully saturated rings. The zero-order valence-corrected chi connectivity index (χ0v) is 15.4. The van der Waals surface area contributed by atoms with Crippen molar-refractivity contribution < 1.29 is 14.3 Å². The van der Waals surface area contributed by atoms with Crippen molar-refractivity contribution in [3.05, 3.63) is 30.0 Å². The topological polar surface area (TPSA) is 74.4 Å². The number of rotatable bonds is 9. The predicted molar refractivity (Wildman–Crippen MR) is 99.1 cm³/mol. The number of hydrogen-bond donors (Lipinski definition) is 2. The molecule has 0 saturated heterocycles. The summed E-state index contributed by atoms with van der Waals surface area (Å²) < 4.78 is 5.80. The van der Waals surface area contributed by atoms with Gasteiger partial charge in [-0.05, 0) is 31.3 Å². The first-order chi connectivity index (χ1) is 11.9. The molecular weight excluding hydrogens is 318 g/mol. The molecule has 1 aromatic heterocycles. The van der Waals surface area contributed by atoms with Crippen molar-refractivity contribution in [2.24, 2.45) is 5.92 Å². The summed E-state index contributed by atoms with van der Waals surface area (Å²) in [4.78, 5) is 28.2. The molecule has 1 heterocycles. The monoisotopic (exact) mass is 345 g/mol. The summed E-state index contributed by atoms with van der Waals surface area (Å²) in [6.07, 6.45) is 0. The third-order valence-electron chi connectivity index (χ3n) is 3.99. The van der Waals surface area contributed by atoms with E-state index in [0.717, 1.165) is 29.7 Å². The number of H-pyrrole nitrogens is 1. The van der Waals surface area contributed by atoms with Crippen LogP contribution >= 0.6 is 0 Å². The van der Waals surface area contributed by atoms with E-state index in [0.29, 0.717) is 18.8 Å². The largest absolute Gasteiger partial charge is 0.492 e. The van der Waals surface area contributed by atoms with Crippen molar-refractivity contribution in [2.75, 3.05) is 33.3 Å². The normalized spacial score (nSPS) is 11.3. The molecule has 0 aliphatic heterocycles. The van der Waals surface area contributed by atoms with Crippen LogP contribution in [0.1, 0.15) is 31.3 Å². The number of ether oxygens (including phenoxy) is 1. The number of aromatic nitrogens is 1. The molecule has 6 heteroatoms. The van der Waals surface area contributed by atoms with Crippen LogP contribution in [0.4, 0.5) is 0 Å². The van der Waals surface area contributed by atoms with Gasteiger partial charge in [-0.15, -0.1) is 0 Å². The number of fused-ring (bicyclic) bond motifs is 1. The molecule has 0 spiro atoms. The van der Waals surface area contributed by atoms with Gasteiger partial charge in [0.1, 0.15) is 12.4 Å². The summed E-state index contributed by atoms with van der Waals surface area (Å²) in [5, 5.41) is 3.74. The maximum absolute atomic E-state index is 12.1. The number of nitrogens with one attached hydrogen (secondary N) is 2. The Morgan fingerprint density at radius 3 is 2.68 bits per heavy atom. The van der Waals surface area contributed by atoms with Crippen LogP contribution in [0.25, 0.3) is 10.9 Å². The van der Waals surface area contributed by atoms with Gasteiger partial charge in [0.05, 0.1) is 5.69 Å².